The molecule has 47 heavy (non-hydrogen) atoms. The van der Waals surface area contributed by atoms with E-state index < -0.39 is 34.8 Å². The summed E-state index contributed by atoms with van der Waals surface area (Å²) in [5.74, 6) is -0.647. The molecule has 6 rings (SSSR count). The van der Waals surface area contributed by atoms with E-state index in [9.17, 15) is 29.2 Å². The van der Waals surface area contributed by atoms with Crippen LogP contribution in [0.2, 0.25) is 0 Å². The van der Waals surface area contributed by atoms with Gasteiger partial charge in [0.25, 0.3) is 11.8 Å². The van der Waals surface area contributed by atoms with Crippen molar-refractivity contribution in [3.8, 4) is 12.1 Å². The number of likely N-dealkylation sites (tertiary alicyclic amines) is 1. The van der Waals surface area contributed by atoms with Gasteiger partial charge in [0, 0.05) is 13.1 Å². The summed E-state index contributed by atoms with van der Waals surface area (Å²) in [7, 11) is 0. The lowest BCUT2D eigenvalue weighted by molar-refractivity contribution is -0.124. The van der Waals surface area contributed by atoms with Crippen molar-refractivity contribution >= 4 is 41.3 Å². The number of amides is 7. The minimum atomic E-state index is -1.06. The summed E-state index contributed by atoms with van der Waals surface area (Å²) in [6, 6.07) is 16.2. The van der Waals surface area contributed by atoms with Gasteiger partial charge < -0.3 is 25.6 Å². The lowest BCUT2D eigenvalue weighted by Gasteiger charge is -2.37. The van der Waals surface area contributed by atoms with Gasteiger partial charge >= 0.3 is 18.2 Å². The number of rotatable bonds is 2. The number of imide groups is 2. The molecule has 3 N–H and O–H groups in total. The second kappa shape index (κ2) is 12.7. The fourth-order valence-electron chi connectivity index (χ4n) is 6.13. The summed E-state index contributed by atoms with van der Waals surface area (Å²) in [5.41, 5.74) is -1.27. The molecule has 4 aliphatic rings. The van der Waals surface area contributed by atoms with Gasteiger partial charge in [-0.15, -0.1) is 0 Å². The van der Waals surface area contributed by atoms with Crippen LogP contribution in [0.3, 0.4) is 0 Å². The van der Waals surface area contributed by atoms with Gasteiger partial charge in [0.1, 0.15) is 28.8 Å². The van der Waals surface area contributed by atoms with Gasteiger partial charge in [-0.1, -0.05) is 24.3 Å². The number of benzene rings is 2. The lowest BCUT2D eigenvalue weighted by atomic mass is 9.87. The van der Waals surface area contributed by atoms with Crippen molar-refractivity contribution in [1.82, 2.24) is 20.9 Å². The average molecular weight is 641 g/mol. The molecule has 2 aromatic rings. The zero-order valence-corrected chi connectivity index (χ0v) is 26.5. The maximum Gasteiger partial charge on any atom is 0.410 e. The third-order valence-electron chi connectivity index (χ3n) is 8.58. The van der Waals surface area contributed by atoms with Crippen molar-refractivity contribution in [2.75, 3.05) is 36.0 Å². The van der Waals surface area contributed by atoms with Gasteiger partial charge in [-0.2, -0.15) is 10.5 Å². The molecule has 0 bridgehead atoms. The van der Waals surface area contributed by atoms with Crippen molar-refractivity contribution in [2.45, 2.75) is 63.1 Å². The van der Waals surface area contributed by atoms with E-state index in [-0.39, 0.29) is 23.1 Å². The Kier molecular flexibility index (Phi) is 8.91. The second-order valence-electron chi connectivity index (χ2n) is 12.8. The standard InChI is InChI=1S/C19H22N4O4.C14H14N4O2/c1-18(2,3)27-17(26)22-10-8-19(9-11-22)15(24)23(16(25)21-19)14-7-5-4-6-13(14)12-20;15-9-10-3-1-2-4-11(10)18-12(19)14(17-13(18)20)5-7-16-8-6-14/h4-7H,8-11H2,1-3H3,(H,21,25);1-4,16H,5-8H2,(H,17,20). The third-order valence-corrected chi connectivity index (χ3v) is 8.58. The molecule has 0 saturated carbocycles. The quantitative estimate of drug-likeness (QED) is 0.415. The van der Waals surface area contributed by atoms with E-state index in [0.717, 1.165) is 9.80 Å². The number of hydrogen-bond acceptors (Lipinski definition) is 9. The smallest absolute Gasteiger partial charge is 0.410 e. The highest BCUT2D eigenvalue weighted by molar-refractivity contribution is 6.24. The van der Waals surface area contributed by atoms with Crippen LogP contribution in [-0.4, -0.2) is 77.7 Å². The molecule has 4 saturated heterocycles. The van der Waals surface area contributed by atoms with E-state index >= 15 is 0 Å². The molecule has 0 unspecified atom stereocenters. The number of nitriles is 2. The van der Waals surface area contributed by atoms with Gasteiger partial charge in [0.05, 0.1) is 22.5 Å². The number of nitrogens with zero attached hydrogens (tertiary/aromatic N) is 5. The minimum absolute atomic E-state index is 0.254. The fraction of sp³-hybridized carbons (Fsp3) is 0.424. The number of hydrogen-bond donors (Lipinski definition) is 3. The van der Waals surface area contributed by atoms with Crippen molar-refractivity contribution in [3.63, 3.8) is 0 Å². The normalized spacial score (nSPS) is 19.8. The van der Waals surface area contributed by atoms with Crippen molar-refractivity contribution in [1.29, 1.82) is 10.5 Å². The first-order chi connectivity index (χ1) is 22.3. The van der Waals surface area contributed by atoms with Crippen molar-refractivity contribution < 1.29 is 28.7 Å². The maximum absolute atomic E-state index is 13.1. The summed E-state index contributed by atoms with van der Waals surface area (Å²) < 4.78 is 5.37. The molecule has 0 aromatic heterocycles. The Labute approximate surface area is 272 Å². The number of anilines is 2. The Morgan fingerprint density at radius 3 is 1.60 bits per heavy atom. The molecular weight excluding hydrogens is 604 g/mol. The largest absolute Gasteiger partial charge is 0.444 e. The summed E-state index contributed by atoms with van der Waals surface area (Å²) >= 11 is 0. The average Bonchev–Trinajstić information content (AvgIpc) is 3.43. The number of ether oxygens (including phenoxy) is 1. The summed E-state index contributed by atoms with van der Waals surface area (Å²) in [6.45, 7) is 7.37. The minimum Gasteiger partial charge on any atom is -0.444 e. The number of urea groups is 2. The molecule has 7 amide bonds. The topological polar surface area (TPSA) is 188 Å². The molecular formula is C33H36N8O6. The van der Waals surface area contributed by atoms with E-state index in [1.54, 1.807) is 74.2 Å². The molecule has 4 fully saturated rings. The highest BCUT2D eigenvalue weighted by Crippen LogP contribution is 2.35. The predicted octanol–water partition coefficient (Wildman–Crippen LogP) is 3.12. The van der Waals surface area contributed by atoms with Crippen LogP contribution < -0.4 is 25.8 Å². The number of nitrogens with one attached hydrogen (secondary N) is 3. The van der Waals surface area contributed by atoms with Gasteiger partial charge in [0.2, 0.25) is 0 Å². The van der Waals surface area contributed by atoms with Crippen LogP contribution in [0.25, 0.3) is 0 Å². The van der Waals surface area contributed by atoms with Crippen molar-refractivity contribution in [3.05, 3.63) is 59.7 Å². The van der Waals surface area contributed by atoms with E-state index in [4.69, 9.17) is 10.00 Å². The van der Waals surface area contributed by atoms with E-state index in [1.807, 2.05) is 12.1 Å². The molecule has 2 aromatic carbocycles. The van der Waals surface area contributed by atoms with Crippen LogP contribution in [-0.2, 0) is 14.3 Å². The Hall–Kier alpha value is -5.47. The van der Waals surface area contributed by atoms with Crippen LogP contribution >= 0.6 is 0 Å². The summed E-state index contributed by atoms with van der Waals surface area (Å²) in [6.07, 6.45) is 1.30. The SMILES string of the molecule is CC(C)(C)OC(=O)N1CCC2(CC1)NC(=O)N(c1ccccc1C#N)C2=O.N#Cc1ccccc1N1C(=O)NC2(CCNCC2)C1=O. The van der Waals surface area contributed by atoms with Gasteiger partial charge in [-0.3, -0.25) is 9.59 Å². The van der Waals surface area contributed by atoms with Crippen LogP contribution in [0.15, 0.2) is 48.5 Å². The summed E-state index contributed by atoms with van der Waals surface area (Å²) in [4.78, 5) is 66.3. The van der Waals surface area contributed by atoms with E-state index in [1.165, 1.54) is 0 Å². The number of piperidine rings is 2. The number of carbonyl (C=O) groups excluding carboxylic acids is 5. The second-order valence-corrected chi connectivity index (χ2v) is 12.8. The molecule has 14 heteroatoms. The monoisotopic (exact) mass is 640 g/mol. The third kappa shape index (κ3) is 6.33. The first-order valence-electron chi connectivity index (χ1n) is 15.3. The zero-order chi connectivity index (χ0) is 34.0. The highest BCUT2D eigenvalue weighted by atomic mass is 16.6. The highest BCUT2D eigenvalue weighted by Gasteiger charge is 2.54. The van der Waals surface area contributed by atoms with Crippen LogP contribution in [0, 0.1) is 22.7 Å². The maximum atomic E-state index is 13.1. The number of para-hydroxylation sites is 2. The molecule has 4 aliphatic heterocycles. The first-order valence-corrected chi connectivity index (χ1v) is 15.3. The van der Waals surface area contributed by atoms with Gasteiger partial charge in [-0.25, -0.2) is 24.2 Å². The van der Waals surface area contributed by atoms with E-state index in [0.29, 0.717) is 63.1 Å². The zero-order valence-electron chi connectivity index (χ0n) is 26.5. The van der Waals surface area contributed by atoms with Crippen LogP contribution in [0.5, 0.6) is 0 Å². The Balaban J connectivity index is 0.000000193. The summed E-state index contributed by atoms with van der Waals surface area (Å²) in [5, 5.41) is 27.1. The first kappa shape index (κ1) is 32.9. The molecule has 244 valence electrons. The fourth-order valence-corrected chi connectivity index (χ4v) is 6.13. The molecule has 0 aliphatic carbocycles. The van der Waals surface area contributed by atoms with Crippen LogP contribution in [0.1, 0.15) is 57.6 Å². The predicted molar refractivity (Wildman–Crippen MR) is 169 cm³/mol. The van der Waals surface area contributed by atoms with Gasteiger partial charge in [0.15, 0.2) is 0 Å². The number of carbonyl (C=O) groups is 5. The Bertz CT molecular complexity index is 1690. The van der Waals surface area contributed by atoms with E-state index in [2.05, 4.69) is 16.0 Å². The van der Waals surface area contributed by atoms with Gasteiger partial charge in [-0.05, 0) is 83.8 Å². The molecule has 2 spiro atoms. The molecule has 4 heterocycles. The Morgan fingerprint density at radius 1 is 0.745 bits per heavy atom. The van der Waals surface area contributed by atoms with Crippen molar-refractivity contribution in [2.24, 2.45) is 0 Å². The lowest BCUT2D eigenvalue weighted by Crippen LogP contribution is -2.56. The molecule has 0 atom stereocenters. The molecule has 14 nitrogen and oxygen atoms in total. The Morgan fingerprint density at radius 2 is 1.17 bits per heavy atom. The van der Waals surface area contributed by atoms with Crippen LogP contribution in [0.4, 0.5) is 25.8 Å². The molecule has 0 radical (unpaired) electrons.